The summed E-state index contributed by atoms with van der Waals surface area (Å²) in [4.78, 5) is 0. The summed E-state index contributed by atoms with van der Waals surface area (Å²) in [7, 11) is -3.55. The van der Waals surface area contributed by atoms with Crippen molar-refractivity contribution in [1.29, 1.82) is 0 Å². The largest absolute Gasteiger partial charge is 0.433 e. The third kappa shape index (κ3) is 4.67. The lowest BCUT2D eigenvalue weighted by molar-refractivity contribution is -0.144. The molecule has 1 aromatic rings. The van der Waals surface area contributed by atoms with Crippen LogP contribution in [0.4, 0.5) is 13.2 Å². The Bertz CT molecular complexity index is 636. The van der Waals surface area contributed by atoms with Gasteiger partial charge in [-0.3, -0.25) is 4.68 Å². The highest BCUT2D eigenvalue weighted by Gasteiger charge is 2.35. The molecule has 0 spiro atoms. The van der Waals surface area contributed by atoms with Crippen molar-refractivity contribution in [2.45, 2.75) is 39.4 Å². The SMILES string of the molecule is Cc1cc(C(F)(F)F)n(CC(C)CNS(=O)(=O)N2CCCC2)n1. The van der Waals surface area contributed by atoms with Crippen molar-refractivity contribution < 1.29 is 21.6 Å². The Balaban J connectivity index is 1.96. The number of aryl methyl sites for hydroxylation is 1. The maximum Gasteiger partial charge on any atom is 0.433 e. The van der Waals surface area contributed by atoms with Crippen LogP contribution in [-0.4, -0.2) is 42.1 Å². The maximum absolute atomic E-state index is 12.9. The molecular weight excluding hydrogens is 333 g/mol. The minimum absolute atomic E-state index is 0.00873. The smallest absolute Gasteiger partial charge is 0.260 e. The number of nitrogens with one attached hydrogen (secondary N) is 1. The third-order valence-electron chi connectivity index (χ3n) is 3.70. The molecular formula is C13H21F3N4O2S. The van der Waals surface area contributed by atoms with E-state index in [0.29, 0.717) is 13.1 Å². The topological polar surface area (TPSA) is 67.2 Å². The van der Waals surface area contributed by atoms with Gasteiger partial charge >= 0.3 is 6.18 Å². The summed E-state index contributed by atoms with van der Waals surface area (Å²) in [6, 6.07) is 0.987. The Morgan fingerprint density at radius 1 is 1.35 bits per heavy atom. The van der Waals surface area contributed by atoms with Crippen LogP contribution in [0.5, 0.6) is 0 Å². The molecule has 1 fully saturated rings. The molecule has 10 heteroatoms. The molecule has 0 bridgehead atoms. The standard InChI is InChI=1S/C13H21F3N4O2S/c1-10(8-17-23(21,22)19-5-3-4-6-19)9-20-12(13(14,15)16)7-11(2)18-20/h7,10,17H,3-6,8-9H2,1-2H3. The number of rotatable bonds is 6. The average Bonchev–Trinajstić information content (AvgIpc) is 3.05. The summed E-state index contributed by atoms with van der Waals surface area (Å²) in [5.41, 5.74) is -0.536. The number of hydrogen-bond acceptors (Lipinski definition) is 3. The second-order valence-corrected chi connectivity index (χ2v) is 7.67. The first-order valence-corrected chi connectivity index (χ1v) is 8.90. The number of aromatic nitrogens is 2. The van der Waals surface area contributed by atoms with Crippen molar-refractivity contribution >= 4 is 10.2 Å². The van der Waals surface area contributed by atoms with Crippen LogP contribution in [-0.2, 0) is 22.9 Å². The van der Waals surface area contributed by atoms with Gasteiger partial charge in [-0.05, 0) is 31.7 Å². The lowest BCUT2D eigenvalue weighted by atomic mass is 10.2. The van der Waals surface area contributed by atoms with Crippen molar-refractivity contribution in [3.05, 3.63) is 17.5 Å². The van der Waals surface area contributed by atoms with Crippen molar-refractivity contribution in [2.75, 3.05) is 19.6 Å². The fraction of sp³-hybridized carbons (Fsp3) is 0.769. The molecule has 1 N–H and O–H groups in total. The van der Waals surface area contributed by atoms with Crippen LogP contribution >= 0.6 is 0 Å². The molecule has 2 heterocycles. The van der Waals surface area contributed by atoms with Gasteiger partial charge < -0.3 is 0 Å². The molecule has 1 unspecified atom stereocenters. The Labute approximate surface area is 133 Å². The summed E-state index contributed by atoms with van der Waals surface area (Å²) >= 11 is 0. The van der Waals surface area contributed by atoms with Gasteiger partial charge in [0.05, 0.1) is 5.69 Å². The number of hydrogen-bond donors (Lipinski definition) is 1. The van der Waals surface area contributed by atoms with Gasteiger partial charge in [0.1, 0.15) is 5.69 Å². The van der Waals surface area contributed by atoms with Crippen LogP contribution in [0, 0.1) is 12.8 Å². The van der Waals surface area contributed by atoms with Crippen LogP contribution in [0.15, 0.2) is 6.07 Å². The first-order chi connectivity index (χ1) is 10.6. The maximum atomic E-state index is 12.9. The van der Waals surface area contributed by atoms with E-state index in [2.05, 4.69) is 9.82 Å². The molecule has 0 aliphatic carbocycles. The number of alkyl halides is 3. The molecule has 6 nitrogen and oxygen atoms in total. The van der Waals surface area contributed by atoms with Gasteiger partial charge in [0.15, 0.2) is 0 Å². The number of halogens is 3. The molecule has 132 valence electrons. The van der Waals surface area contributed by atoms with E-state index >= 15 is 0 Å². The molecule has 1 saturated heterocycles. The lowest BCUT2D eigenvalue weighted by Crippen LogP contribution is -2.41. The van der Waals surface area contributed by atoms with E-state index in [9.17, 15) is 21.6 Å². The molecule has 0 amide bonds. The predicted molar refractivity (Wildman–Crippen MR) is 78.9 cm³/mol. The van der Waals surface area contributed by atoms with Crippen molar-refractivity contribution in [2.24, 2.45) is 5.92 Å². The van der Waals surface area contributed by atoms with E-state index in [1.807, 2.05) is 0 Å². The normalized spacial score (nSPS) is 18.5. The summed E-state index contributed by atoms with van der Waals surface area (Å²) < 4.78 is 67.5. The van der Waals surface area contributed by atoms with Gasteiger partial charge in [0, 0.05) is 26.2 Å². The van der Waals surface area contributed by atoms with E-state index in [1.54, 1.807) is 6.92 Å². The molecule has 2 rings (SSSR count). The molecule has 1 atom stereocenters. The van der Waals surface area contributed by atoms with Gasteiger partial charge in [-0.25, -0.2) is 4.72 Å². The third-order valence-corrected chi connectivity index (χ3v) is 5.27. The monoisotopic (exact) mass is 354 g/mol. The van der Waals surface area contributed by atoms with Crippen LogP contribution in [0.25, 0.3) is 0 Å². The number of nitrogens with zero attached hydrogens (tertiary/aromatic N) is 3. The van der Waals surface area contributed by atoms with Crippen LogP contribution < -0.4 is 4.72 Å². The van der Waals surface area contributed by atoms with Crippen molar-refractivity contribution in [1.82, 2.24) is 18.8 Å². The Hall–Kier alpha value is -1.13. The summed E-state index contributed by atoms with van der Waals surface area (Å²) in [6.45, 7) is 4.21. The lowest BCUT2D eigenvalue weighted by Gasteiger charge is -2.19. The van der Waals surface area contributed by atoms with E-state index < -0.39 is 22.1 Å². The van der Waals surface area contributed by atoms with Gasteiger partial charge in [-0.15, -0.1) is 0 Å². The zero-order chi connectivity index (χ0) is 17.3. The Morgan fingerprint density at radius 3 is 2.52 bits per heavy atom. The van der Waals surface area contributed by atoms with Crippen LogP contribution in [0.2, 0.25) is 0 Å². The highest BCUT2D eigenvalue weighted by Crippen LogP contribution is 2.30. The van der Waals surface area contributed by atoms with E-state index in [4.69, 9.17) is 0 Å². The highest BCUT2D eigenvalue weighted by atomic mass is 32.2. The molecule has 0 saturated carbocycles. The minimum Gasteiger partial charge on any atom is -0.260 e. The van der Waals surface area contributed by atoms with Crippen molar-refractivity contribution in [3.63, 3.8) is 0 Å². The average molecular weight is 354 g/mol. The zero-order valence-electron chi connectivity index (χ0n) is 13.1. The van der Waals surface area contributed by atoms with Gasteiger partial charge in [0.25, 0.3) is 10.2 Å². The summed E-state index contributed by atoms with van der Waals surface area (Å²) in [5.74, 6) is -0.326. The molecule has 1 aromatic heterocycles. The fourth-order valence-corrected chi connectivity index (χ4v) is 3.96. The molecule has 0 aromatic carbocycles. The molecule has 1 aliphatic rings. The molecule has 0 radical (unpaired) electrons. The molecule has 23 heavy (non-hydrogen) atoms. The van der Waals surface area contributed by atoms with Crippen LogP contribution in [0.1, 0.15) is 31.2 Å². The van der Waals surface area contributed by atoms with Gasteiger partial charge in [0.2, 0.25) is 0 Å². The Morgan fingerprint density at radius 2 is 1.96 bits per heavy atom. The second-order valence-electron chi connectivity index (χ2n) is 5.92. The van der Waals surface area contributed by atoms with Crippen molar-refractivity contribution in [3.8, 4) is 0 Å². The van der Waals surface area contributed by atoms with E-state index in [-0.39, 0.29) is 24.7 Å². The second kappa shape index (κ2) is 6.78. The first-order valence-electron chi connectivity index (χ1n) is 7.46. The highest BCUT2D eigenvalue weighted by molar-refractivity contribution is 7.87. The first kappa shape index (κ1) is 18.2. The van der Waals surface area contributed by atoms with E-state index in [0.717, 1.165) is 23.6 Å². The van der Waals surface area contributed by atoms with E-state index in [1.165, 1.54) is 11.2 Å². The zero-order valence-corrected chi connectivity index (χ0v) is 13.9. The predicted octanol–water partition coefficient (Wildman–Crippen LogP) is 1.78. The van der Waals surface area contributed by atoms with Gasteiger partial charge in [-0.1, -0.05) is 6.92 Å². The summed E-state index contributed by atoms with van der Waals surface area (Å²) in [5, 5.41) is 3.85. The summed E-state index contributed by atoms with van der Waals surface area (Å²) in [6.07, 6.45) is -2.81. The quantitative estimate of drug-likeness (QED) is 0.847. The minimum atomic E-state index is -4.48. The van der Waals surface area contributed by atoms with Gasteiger partial charge in [-0.2, -0.15) is 31.0 Å². The van der Waals surface area contributed by atoms with Crippen LogP contribution in [0.3, 0.4) is 0 Å². The Kier molecular flexibility index (Phi) is 5.37. The molecule has 1 aliphatic heterocycles. The fourth-order valence-electron chi connectivity index (χ4n) is 2.54.